The van der Waals surface area contributed by atoms with Crippen molar-refractivity contribution in [1.82, 2.24) is 9.55 Å². The Hall–Kier alpha value is -1.37. The topological polar surface area (TPSA) is 50.2 Å². The molecule has 1 fully saturated rings. The SMILES string of the molecule is Cn1c(C(=O)Nc2cccnc2N2CCSCC2)cc(Cl)c1Cl. The number of hydrogen-bond donors (Lipinski definition) is 1. The summed E-state index contributed by atoms with van der Waals surface area (Å²) in [5, 5.41) is 3.62. The van der Waals surface area contributed by atoms with Crippen LogP contribution in [-0.2, 0) is 7.05 Å². The highest BCUT2D eigenvalue weighted by Crippen LogP contribution is 2.28. The van der Waals surface area contributed by atoms with Gasteiger partial charge in [0.1, 0.15) is 10.8 Å². The fourth-order valence-electron chi connectivity index (χ4n) is 2.47. The van der Waals surface area contributed by atoms with E-state index in [1.165, 1.54) is 0 Å². The summed E-state index contributed by atoms with van der Waals surface area (Å²) in [7, 11) is 1.70. The standard InChI is InChI=1S/C15H16Cl2N4OS/c1-20-12(9-10(16)13(20)17)15(22)19-11-3-2-4-18-14(11)21-5-7-23-8-6-21/h2-4,9H,5-8H2,1H3,(H,19,22). The van der Waals surface area contributed by atoms with E-state index in [1.807, 2.05) is 23.9 Å². The average molecular weight is 371 g/mol. The Labute approximate surface area is 149 Å². The molecule has 0 radical (unpaired) electrons. The van der Waals surface area contributed by atoms with Crippen LogP contribution in [0.4, 0.5) is 11.5 Å². The zero-order chi connectivity index (χ0) is 16.4. The first-order chi connectivity index (χ1) is 11.1. The number of nitrogens with zero attached hydrogens (tertiary/aromatic N) is 3. The lowest BCUT2D eigenvalue weighted by Gasteiger charge is -2.29. The lowest BCUT2D eigenvalue weighted by molar-refractivity contribution is 0.101. The van der Waals surface area contributed by atoms with E-state index in [0.29, 0.717) is 21.6 Å². The van der Waals surface area contributed by atoms with Crippen LogP contribution in [0.1, 0.15) is 10.5 Å². The molecular weight excluding hydrogens is 355 g/mol. The van der Waals surface area contributed by atoms with E-state index in [9.17, 15) is 4.79 Å². The minimum atomic E-state index is -0.262. The molecular formula is C15H16Cl2N4OS. The number of halogens is 2. The van der Waals surface area contributed by atoms with Crippen molar-refractivity contribution in [3.63, 3.8) is 0 Å². The smallest absolute Gasteiger partial charge is 0.272 e. The Morgan fingerprint density at radius 3 is 2.74 bits per heavy atom. The number of pyridine rings is 1. The van der Waals surface area contributed by atoms with Gasteiger partial charge in [-0.2, -0.15) is 11.8 Å². The normalized spacial score (nSPS) is 14.8. The van der Waals surface area contributed by atoms with Crippen molar-refractivity contribution in [2.75, 3.05) is 34.8 Å². The molecule has 0 saturated carbocycles. The molecule has 1 amide bonds. The first-order valence-corrected chi connectivity index (χ1v) is 9.09. The summed E-state index contributed by atoms with van der Waals surface area (Å²) >= 11 is 13.9. The summed E-state index contributed by atoms with van der Waals surface area (Å²) in [5.74, 6) is 2.66. The van der Waals surface area contributed by atoms with Crippen LogP contribution in [0.2, 0.25) is 10.2 Å². The molecule has 2 aromatic heterocycles. The minimum absolute atomic E-state index is 0.262. The Balaban J connectivity index is 1.85. The second-order valence-electron chi connectivity index (χ2n) is 5.16. The van der Waals surface area contributed by atoms with E-state index >= 15 is 0 Å². The molecule has 5 nitrogen and oxygen atoms in total. The van der Waals surface area contributed by atoms with Crippen LogP contribution in [0.15, 0.2) is 24.4 Å². The number of amides is 1. The molecule has 0 aromatic carbocycles. The Bertz CT molecular complexity index is 728. The Morgan fingerprint density at radius 1 is 1.35 bits per heavy atom. The highest BCUT2D eigenvalue weighted by atomic mass is 35.5. The third-order valence-electron chi connectivity index (χ3n) is 3.69. The fraction of sp³-hybridized carbons (Fsp3) is 0.333. The summed E-state index contributed by atoms with van der Waals surface area (Å²) in [6.45, 7) is 1.85. The summed E-state index contributed by atoms with van der Waals surface area (Å²) in [6.07, 6.45) is 1.74. The highest BCUT2D eigenvalue weighted by molar-refractivity contribution is 7.99. The maximum atomic E-state index is 12.5. The summed E-state index contributed by atoms with van der Waals surface area (Å²) in [4.78, 5) is 19.2. The number of nitrogens with one attached hydrogen (secondary N) is 1. The first-order valence-electron chi connectivity index (χ1n) is 7.17. The lowest BCUT2D eigenvalue weighted by Crippen LogP contribution is -2.34. The number of rotatable bonds is 3. The van der Waals surface area contributed by atoms with Gasteiger partial charge in [0.25, 0.3) is 5.91 Å². The summed E-state index contributed by atoms with van der Waals surface area (Å²) in [5.41, 5.74) is 1.10. The summed E-state index contributed by atoms with van der Waals surface area (Å²) in [6, 6.07) is 5.23. The number of aromatic nitrogens is 2. The van der Waals surface area contributed by atoms with E-state index in [4.69, 9.17) is 23.2 Å². The quantitative estimate of drug-likeness (QED) is 0.897. The average Bonchev–Trinajstić information content (AvgIpc) is 2.84. The minimum Gasteiger partial charge on any atom is -0.353 e. The van der Waals surface area contributed by atoms with E-state index < -0.39 is 0 Å². The Morgan fingerprint density at radius 2 is 2.09 bits per heavy atom. The van der Waals surface area contributed by atoms with E-state index in [-0.39, 0.29) is 5.91 Å². The maximum absolute atomic E-state index is 12.5. The molecule has 0 aliphatic carbocycles. The van der Waals surface area contributed by atoms with Gasteiger partial charge in [-0.05, 0) is 18.2 Å². The van der Waals surface area contributed by atoms with Crippen LogP contribution in [0.25, 0.3) is 0 Å². The second kappa shape index (κ2) is 7.03. The second-order valence-corrected chi connectivity index (χ2v) is 7.15. The molecule has 0 unspecified atom stereocenters. The third kappa shape index (κ3) is 3.44. The molecule has 8 heteroatoms. The van der Waals surface area contributed by atoms with Gasteiger partial charge in [0.15, 0.2) is 5.82 Å². The molecule has 1 N–H and O–H groups in total. The molecule has 1 saturated heterocycles. The van der Waals surface area contributed by atoms with Gasteiger partial charge in [-0.15, -0.1) is 0 Å². The van der Waals surface area contributed by atoms with Crippen molar-refractivity contribution in [3.05, 3.63) is 40.3 Å². The van der Waals surface area contributed by atoms with Crippen molar-refractivity contribution in [1.29, 1.82) is 0 Å². The summed E-state index contributed by atoms with van der Waals surface area (Å²) < 4.78 is 1.56. The van der Waals surface area contributed by atoms with Gasteiger partial charge in [0, 0.05) is 37.8 Å². The van der Waals surface area contributed by atoms with Crippen molar-refractivity contribution >= 4 is 52.4 Å². The molecule has 0 spiro atoms. The number of hydrogen-bond acceptors (Lipinski definition) is 4. The first kappa shape index (κ1) is 16.5. The molecule has 122 valence electrons. The van der Waals surface area contributed by atoms with Crippen LogP contribution in [-0.4, -0.2) is 40.1 Å². The van der Waals surface area contributed by atoms with Gasteiger partial charge >= 0.3 is 0 Å². The molecule has 2 aromatic rings. The number of carbonyl (C=O) groups is 1. The molecule has 3 rings (SSSR count). The van der Waals surface area contributed by atoms with Crippen LogP contribution in [0.3, 0.4) is 0 Å². The lowest BCUT2D eigenvalue weighted by atomic mass is 10.3. The van der Waals surface area contributed by atoms with Crippen molar-refractivity contribution in [2.24, 2.45) is 7.05 Å². The van der Waals surface area contributed by atoms with Crippen LogP contribution in [0, 0.1) is 0 Å². The van der Waals surface area contributed by atoms with Crippen molar-refractivity contribution in [2.45, 2.75) is 0 Å². The van der Waals surface area contributed by atoms with E-state index in [0.717, 1.165) is 30.4 Å². The van der Waals surface area contributed by atoms with Gasteiger partial charge in [0.05, 0.1) is 10.7 Å². The molecule has 1 aliphatic heterocycles. The monoisotopic (exact) mass is 370 g/mol. The zero-order valence-electron chi connectivity index (χ0n) is 12.6. The molecule has 1 aliphatic rings. The molecule has 0 atom stereocenters. The zero-order valence-corrected chi connectivity index (χ0v) is 14.9. The molecule has 0 bridgehead atoms. The van der Waals surface area contributed by atoms with Gasteiger partial charge < -0.3 is 14.8 Å². The Kier molecular flexibility index (Phi) is 5.04. The number of thioether (sulfide) groups is 1. The van der Waals surface area contributed by atoms with Crippen LogP contribution < -0.4 is 10.2 Å². The largest absolute Gasteiger partial charge is 0.353 e. The molecule has 23 heavy (non-hydrogen) atoms. The van der Waals surface area contributed by atoms with Gasteiger partial charge in [-0.1, -0.05) is 23.2 Å². The van der Waals surface area contributed by atoms with Crippen LogP contribution >= 0.6 is 35.0 Å². The van der Waals surface area contributed by atoms with Crippen LogP contribution in [0.5, 0.6) is 0 Å². The number of carbonyl (C=O) groups excluding carboxylic acids is 1. The third-order valence-corrected chi connectivity index (χ3v) is 5.48. The van der Waals surface area contributed by atoms with Crippen molar-refractivity contribution in [3.8, 4) is 0 Å². The van der Waals surface area contributed by atoms with Gasteiger partial charge in [0.2, 0.25) is 0 Å². The predicted molar refractivity (Wildman–Crippen MR) is 97.2 cm³/mol. The highest BCUT2D eigenvalue weighted by Gasteiger charge is 2.20. The number of anilines is 2. The van der Waals surface area contributed by atoms with E-state index in [1.54, 1.807) is 23.9 Å². The predicted octanol–water partition coefficient (Wildman–Crippen LogP) is 3.53. The van der Waals surface area contributed by atoms with Crippen molar-refractivity contribution < 1.29 is 4.79 Å². The van der Waals surface area contributed by atoms with E-state index in [2.05, 4.69) is 15.2 Å². The van der Waals surface area contributed by atoms with Gasteiger partial charge in [-0.25, -0.2) is 4.98 Å². The van der Waals surface area contributed by atoms with Gasteiger partial charge in [-0.3, -0.25) is 4.79 Å². The fourth-order valence-corrected chi connectivity index (χ4v) is 3.75. The molecule has 3 heterocycles. The maximum Gasteiger partial charge on any atom is 0.272 e.